The van der Waals surface area contributed by atoms with Gasteiger partial charge in [0.05, 0.1) is 6.10 Å². The smallest absolute Gasteiger partial charge is 0.322 e. The number of hydrogen-bond donors (Lipinski definition) is 2. The number of aromatic nitrogens is 1. The van der Waals surface area contributed by atoms with E-state index in [-0.39, 0.29) is 17.6 Å². The maximum Gasteiger partial charge on any atom is 0.322 e. The molecule has 0 radical (unpaired) electrons. The molecule has 0 aliphatic carbocycles. The number of nitrogens with one attached hydrogen (secondary N) is 2. The summed E-state index contributed by atoms with van der Waals surface area (Å²) in [5.41, 5.74) is 1.68. The summed E-state index contributed by atoms with van der Waals surface area (Å²) in [6, 6.07) is 17.5. The van der Waals surface area contributed by atoms with Gasteiger partial charge in [-0.2, -0.15) is 0 Å². The molecule has 1 aliphatic rings. The fourth-order valence-electron chi connectivity index (χ4n) is 3.74. The number of anilines is 2. The Labute approximate surface area is 195 Å². The molecule has 1 aromatic heterocycles. The van der Waals surface area contributed by atoms with Crippen LogP contribution in [0, 0.1) is 0 Å². The van der Waals surface area contributed by atoms with Gasteiger partial charge in [-0.25, -0.2) is 4.79 Å². The Morgan fingerprint density at radius 1 is 0.970 bits per heavy atom. The molecule has 2 aromatic carbocycles. The molecule has 9 heteroatoms. The highest BCUT2D eigenvalue weighted by Crippen LogP contribution is 2.24. The number of nitrogens with zero attached hydrogens (tertiary/aromatic N) is 2. The van der Waals surface area contributed by atoms with Crippen molar-refractivity contribution in [2.24, 2.45) is 0 Å². The number of benzene rings is 2. The molecule has 0 bridgehead atoms. The van der Waals surface area contributed by atoms with Gasteiger partial charge in [-0.3, -0.25) is 14.2 Å². The third kappa shape index (κ3) is 5.24. The number of carbonyl (C=O) groups excluding carboxylic acids is 2. The maximum absolute atomic E-state index is 13.0. The van der Waals surface area contributed by atoms with E-state index in [1.165, 1.54) is 15.5 Å². The van der Waals surface area contributed by atoms with Crippen LogP contribution in [0.4, 0.5) is 16.2 Å². The second-order valence-electron chi connectivity index (χ2n) is 7.64. The van der Waals surface area contributed by atoms with E-state index in [0.29, 0.717) is 35.1 Å². The standard InChI is InChI=1S/C24H23ClN4O4/c1-33-20-14-21(29(15-20)24(32)27-18-7-5-16(25)6-8-18)23(31)26-17-9-11-19(12-10-17)28-13-3-2-4-22(28)30/h2-13,20-21H,14-15H2,1H3,(H,26,31)(H,27,32). The molecule has 170 valence electrons. The van der Waals surface area contributed by atoms with Crippen molar-refractivity contribution >= 4 is 34.9 Å². The molecule has 2 unspecified atom stereocenters. The first kappa shape index (κ1) is 22.6. The van der Waals surface area contributed by atoms with Crippen LogP contribution in [0.25, 0.3) is 5.69 Å². The van der Waals surface area contributed by atoms with Crippen molar-refractivity contribution in [3.05, 3.63) is 88.3 Å². The van der Waals surface area contributed by atoms with Gasteiger partial charge >= 0.3 is 6.03 Å². The molecule has 0 saturated carbocycles. The van der Waals surface area contributed by atoms with Gasteiger partial charge in [0.2, 0.25) is 5.91 Å². The molecule has 1 fully saturated rings. The number of ether oxygens (including phenoxy) is 1. The molecule has 4 rings (SSSR count). The van der Waals surface area contributed by atoms with Crippen LogP contribution < -0.4 is 16.2 Å². The van der Waals surface area contributed by atoms with Crippen molar-refractivity contribution in [3.8, 4) is 5.69 Å². The molecule has 1 aliphatic heterocycles. The Kier molecular flexibility index (Phi) is 6.76. The number of amides is 3. The van der Waals surface area contributed by atoms with E-state index in [4.69, 9.17) is 16.3 Å². The number of halogens is 1. The summed E-state index contributed by atoms with van der Waals surface area (Å²) in [4.78, 5) is 39.4. The van der Waals surface area contributed by atoms with Gasteiger partial charge in [0.25, 0.3) is 5.56 Å². The van der Waals surface area contributed by atoms with Gasteiger partial charge in [0.1, 0.15) is 6.04 Å². The van der Waals surface area contributed by atoms with Crippen LogP contribution in [0.1, 0.15) is 6.42 Å². The van der Waals surface area contributed by atoms with E-state index in [1.807, 2.05) is 0 Å². The lowest BCUT2D eigenvalue weighted by molar-refractivity contribution is -0.119. The predicted molar refractivity (Wildman–Crippen MR) is 127 cm³/mol. The Balaban J connectivity index is 1.46. The van der Waals surface area contributed by atoms with Gasteiger partial charge in [-0.05, 0) is 54.6 Å². The van der Waals surface area contributed by atoms with E-state index in [1.54, 1.807) is 74.0 Å². The summed E-state index contributed by atoms with van der Waals surface area (Å²) in [6.07, 6.45) is 1.81. The second kappa shape index (κ2) is 9.89. The zero-order valence-corrected chi connectivity index (χ0v) is 18.7. The Hall–Kier alpha value is -3.62. The van der Waals surface area contributed by atoms with E-state index in [2.05, 4.69) is 10.6 Å². The van der Waals surface area contributed by atoms with Gasteiger partial charge in [0.15, 0.2) is 0 Å². The van der Waals surface area contributed by atoms with E-state index < -0.39 is 12.1 Å². The number of hydrogen-bond acceptors (Lipinski definition) is 4. The Morgan fingerprint density at radius 2 is 1.64 bits per heavy atom. The van der Waals surface area contributed by atoms with Crippen molar-refractivity contribution in [2.45, 2.75) is 18.6 Å². The number of methoxy groups -OCH3 is 1. The molecule has 3 aromatic rings. The van der Waals surface area contributed by atoms with E-state index >= 15 is 0 Å². The molecule has 33 heavy (non-hydrogen) atoms. The van der Waals surface area contributed by atoms with Crippen LogP contribution in [0.5, 0.6) is 0 Å². The van der Waals surface area contributed by atoms with Crippen molar-refractivity contribution in [3.63, 3.8) is 0 Å². The first-order valence-corrected chi connectivity index (χ1v) is 10.8. The third-order valence-corrected chi connectivity index (χ3v) is 5.74. The molecular formula is C24H23ClN4O4. The summed E-state index contributed by atoms with van der Waals surface area (Å²) in [6.45, 7) is 0.296. The van der Waals surface area contributed by atoms with Crippen LogP contribution in [0.2, 0.25) is 5.02 Å². The molecule has 3 amide bonds. The summed E-state index contributed by atoms with van der Waals surface area (Å²) < 4.78 is 6.92. The molecular weight excluding hydrogens is 444 g/mol. The molecule has 0 spiro atoms. The Bertz CT molecular complexity index is 1190. The fourth-order valence-corrected chi connectivity index (χ4v) is 3.87. The number of carbonyl (C=O) groups is 2. The van der Waals surface area contributed by atoms with Crippen LogP contribution in [-0.2, 0) is 9.53 Å². The highest BCUT2D eigenvalue weighted by Gasteiger charge is 2.40. The minimum absolute atomic E-state index is 0.145. The highest BCUT2D eigenvalue weighted by atomic mass is 35.5. The van der Waals surface area contributed by atoms with Crippen LogP contribution >= 0.6 is 11.6 Å². The number of pyridine rings is 1. The Morgan fingerprint density at radius 3 is 2.30 bits per heavy atom. The maximum atomic E-state index is 13.0. The molecule has 2 atom stereocenters. The first-order valence-electron chi connectivity index (χ1n) is 10.4. The van der Waals surface area contributed by atoms with Crippen molar-refractivity contribution < 1.29 is 14.3 Å². The quantitative estimate of drug-likeness (QED) is 0.599. The average Bonchev–Trinajstić information content (AvgIpc) is 3.27. The van der Waals surface area contributed by atoms with Crippen molar-refractivity contribution in [1.29, 1.82) is 0 Å². The highest BCUT2D eigenvalue weighted by molar-refractivity contribution is 6.30. The lowest BCUT2D eigenvalue weighted by atomic mass is 10.1. The van der Waals surface area contributed by atoms with Crippen molar-refractivity contribution in [2.75, 3.05) is 24.3 Å². The van der Waals surface area contributed by atoms with E-state index in [9.17, 15) is 14.4 Å². The number of rotatable bonds is 5. The topological polar surface area (TPSA) is 92.7 Å². The fraction of sp³-hybridized carbons (Fsp3) is 0.208. The van der Waals surface area contributed by atoms with Crippen LogP contribution in [-0.4, -0.2) is 47.2 Å². The summed E-state index contributed by atoms with van der Waals surface area (Å²) in [7, 11) is 1.56. The van der Waals surface area contributed by atoms with Gasteiger partial charge in [-0.15, -0.1) is 0 Å². The SMILES string of the molecule is COC1CC(C(=O)Nc2ccc(-n3ccccc3=O)cc2)N(C(=O)Nc2ccc(Cl)cc2)C1. The minimum Gasteiger partial charge on any atom is -0.380 e. The van der Waals surface area contributed by atoms with E-state index in [0.717, 1.165) is 0 Å². The number of urea groups is 1. The molecule has 8 nitrogen and oxygen atoms in total. The lowest BCUT2D eigenvalue weighted by Crippen LogP contribution is -2.45. The van der Waals surface area contributed by atoms with Crippen LogP contribution in [0.3, 0.4) is 0 Å². The minimum atomic E-state index is -0.696. The zero-order valence-electron chi connectivity index (χ0n) is 17.9. The normalized spacial score (nSPS) is 17.6. The summed E-state index contributed by atoms with van der Waals surface area (Å²) >= 11 is 5.90. The summed E-state index contributed by atoms with van der Waals surface area (Å²) in [5, 5.41) is 6.22. The molecule has 1 saturated heterocycles. The second-order valence-corrected chi connectivity index (χ2v) is 8.08. The molecule has 2 N–H and O–H groups in total. The van der Waals surface area contributed by atoms with Gasteiger partial charge < -0.3 is 20.3 Å². The lowest BCUT2D eigenvalue weighted by Gasteiger charge is -2.24. The number of likely N-dealkylation sites (tertiary alicyclic amines) is 1. The third-order valence-electron chi connectivity index (χ3n) is 5.49. The average molecular weight is 467 g/mol. The monoisotopic (exact) mass is 466 g/mol. The van der Waals surface area contributed by atoms with Crippen LogP contribution in [0.15, 0.2) is 77.7 Å². The van der Waals surface area contributed by atoms with Crippen molar-refractivity contribution in [1.82, 2.24) is 9.47 Å². The largest absolute Gasteiger partial charge is 0.380 e. The molecule has 2 heterocycles. The predicted octanol–water partition coefficient (Wildman–Crippen LogP) is 3.75. The van der Waals surface area contributed by atoms with Gasteiger partial charge in [0, 0.05) is 54.4 Å². The van der Waals surface area contributed by atoms with Gasteiger partial charge in [-0.1, -0.05) is 17.7 Å². The zero-order chi connectivity index (χ0) is 23.4. The summed E-state index contributed by atoms with van der Waals surface area (Å²) in [5.74, 6) is -0.314. The first-order chi connectivity index (χ1) is 15.9.